The number of rotatable bonds is 6. The van der Waals surface area contributed by atoms with Gasteiger partial charge in [-0.05, 0) is 38.5 Å². The minimum Gasteiger partial charge on any atom is -0.396 e. The number of carbonyl (C=O) groups excluding carboxylic acids is 1. The molecule has 0 radical (unpaired) electrons. The Morgan fingerprint density at radius 3 is 2.56 bits per heavy atom. The van der Waals surface area contributed by atoms with Crippen LogP contribution in [0.15, 0.2) is 0 Å². The van der Waals surface area contributed by atoms with Crippen molar-refractivity contribution in [2.45, 2.75) is 64.3 Å². The number of nitrogens with one attached hydrogen (secondary N) is 1. The molecule has 2 N–H and O–H groups in total. The topological polar surface area (TPSA) is 49.3 Å². The van der Waals surface area contributed by atoms with Gasteiger partial charge in [-0.1, -0.05) is 19.8 Å². The van der Waals surface area contributed by atoms with Crippen LogP contribution in [-0.4, -0.2) is 23.2 Å². The second-order valence-electron chi connectivity index (χ2n) is 5.29. The molecule has 3 nitrogen and oxygen atoms in total. The first-order valence-corrected chi connectivity index (χ1v) is 6.51. The van der Waals surface area contributed by atoms with Crippen LogP contribution in [-0.2, 0) is 4.79 Å². The van der Waals surface area contributed by atoms with E-state index >= 15 is 0 Å². The zero-order chi connectivity index (χ0) is 12.0. The molecule has 0 saturated heterocycles. The predicted octanol–water partition coefficient (Wildman–Crippen LogP) is 2.23. The summed E-state index contributed by atoms with van der Waals surface area (Å²) >= 11 is 0. The van der Waals surface area contributed by atoms with Crippen molar-refractivity contribution in [1.29, 1.82) is 0 Å². The van der Waals surface area contributed by atoms with Crippen LogP contribution >= 0.6 is 0 Å². The number of hydrogen-bond acceptors (Lipinski definition) is 2. The molecule has 0 aromatic heterocycles. The van der Waals surface area contributed by atoms with Gasteiger partial charge in [0.05, 0.1) is 0 Å². The summed E-state index contributed by atoms with van der Waals surface area (Å²) in [6.45, 7) is 4.19. The zero-order valence-electron chi connectivity index (χ0n) is 10.6. The van der Waals surface area contributed by atoms with Gasteiger partial charge in [0.1, 0.15) is 0 Å². The second kappa shape index (κ2) is 6.24. The van der Waals surface area contributed by atoms with E-state index in [-0.39, 0.29) is 18.1 Å². The first-order valence-electron chi connectivity index (χ1n) is 6.51. The van der Waals surface area contributed by atoms with E-state index in [4.69, 9.17) is 5.11 Å². The molecule has 0 aliphatic heterocycles. The van der Waals surface area contributed by atoms with E-state index in [1.807, 2.05) is 13.8 Å². The molecule has 0 aromatic carbocycles. The van der Waals surface area contributed by atoms with Gasteiger partial charge in [-0.15, -0.1) is 0 Å². The summed E-state index contributed by atoms with van der Waals surface area (Å²) < 4.78 is 0. The van der Waals surface area contributed by atoms with Gasteiger partial charge in [-0.25, -0.2) is 0 Å². The summed E-state index contributed by atoms with van der Waals surface area (Å²) in [6, 6.07) is 0. The van der Waals surface area contributed by atoms with Crippen molar-refractivity contribution in [2.24, 2.45) is 5.92 Å². The van der Waals surface area contributed by atoms with E-state index in [9.17, 15) is 4.79 Å². The van der Waals surface area contributed by atoms with E-state index in [0.29, 0.717) is 18.8 Å². The molecule has 3 heteroatoms. The lowest BCUT2D eigenvalue weighted by Crippen LogP contribution is -2.46. The number of carbonyl (C=O) groups is 1. The smallest absolute Gasteiger partial charge is 0.220 e. The highest BCUT2D eigenvalue weighted by atomic mass is 16.3. The molecular formula is C13H25NO2. The third-order valence-corrected chi connectivity index (χ3v) is 3.83. The normalized spacial score (nSPS) is 20.7. The van der Waals surface area contributed by atoms with E-state index in [1.165, 1.54) is 25.7 Å². The molecule has 16 heavy (non-hydrogen) atoms. The monoisotopic (exact) mass is 227 g/mol. The van der Waals surface area contributed by atoms with Crippen molar-refractivity contribution in [3.05, 3.63) is 0 Å². The van der Waals surface area contributed by atoms with Crippen molar-refractivity contribution < 1.29 is 9.90 Å². The molecular weight excluding hydrogens is 202 g/mol. The van der Waals surface area contributed by atoms with Gasteiger partial charge in [0.25, 0.3) is 0 Å². The van der Waals surface area contributed by atoms with E-state index in [1.54, 1.807) is 0 Å². The summed E-state index contributed by atoms with van der Waals surface area (Å²) in [5.74, 6) is 0.750. The van der Waals surface area contributed by atoms with Crippen molar-refractivity contribution in [3.8, 4) is 0 Å². The summed E-state index contributed by atoms with van der Waals surface area (Å²) in [5.41, 5.74) is -0.232. The van der Waals surface area contributed by atoms with Crippen LogP contribution in [0.5, 0.6) is 0 Å². The highest BCUT2D eigenvalue weighted by Crippen LogP contribution is 2.27. The van der Waals surface area contributed by atoms with E-state index in [0.717, 1.165) is 6.42 Å². The molecule has 0 aromatic rings. The third-order valence-electron chi connectivity index (χ3n) is 3.83. The third kappa shape index (κ3) is 4.12. The van der Waals surface area contributed by atoms with Crippen LogP contribution in [0.1, 0.15) is 58.8 Å². The van der Waals surface area contributed by atoms with Gasteiger partial charge < -0.3 is 10.4 Å². The molecule has 94 valence electrons. The lowest BCUT2D eigenvalue weighted by molar-refractivity contribution is -0.124. The number of aliphatic hydroxyl groups excluding tert-OH is 1. The average Bonchev–Trinajstić information content (AvgIpc) is 2.70. The zero-order valence-corrected chi connectivity index (χ0v) is 10.6. The Balaban J connectivity index is 2.35. The fourth-order valence-corrected chi connectivity index (χ4v) is 2.44. The van der Waals surface area contributed by atoms with Crippen LogP contribution < -0.4 is 5.32 Å². The molecule has 0 spiro atoms. The summed E-state index contributed by atoms with van der Waals surface area (Å²) in [6.07, 6.45) is 7.14. The lowest BCUT2D eigenvalue weighted by Gasteiger charge is -2.29. The average molecular weight is 227 g/mol. The number of hydrogen-bond donors (Lipinski definition) is 2. The van der Waals surface area contributed by atoms with Gasteiger partial charge in [0, 0.05) is 18.6 Å². The Morgan fingerprint density at radius 1 is 1.44 bits per heavy atom. The Hall–Kier alpha value is -0.570. The fraction of sp³-hybridized carbons (Fsp3) is 0.923. The van der Waals surface area contributed by atoms with Crippen LogP contribution in [0.2, 0.25) is 0 Å². The summed E-state index contributed by atoms with van der Waals surface area (Å²) in [4.78, 5) is 11.9. The molecule has 1 saturated carbocycles. The Labute approximate surface area is 98.6 Å². The molecule has 1 aliphatic carbocycles. The molecule has 0 heterocycles. The fourth-order valence-electron chi connectivity index (χ4n) is 2.44. The van der Waals surface area contributed by atoms with Gasteiger partial charge in [-0.2, -0.15) is 0 Å². The maximum Gasteiger partial charge on any atom is 0.220 e. The van der Waals surface area contributed by atoms with Crippen molar-refractivity contribution in [3.63, 3.8) is 0 Å². The van der Waals surface area contributed by atoms with Gasteiger partial charge >= 0.3 is 0 Å². The summed E-state index contributed by atoms with van der Waals surface area (Å²) in [7, 11) is 0. The van der Waals surface area contributed by atoms with Crippen molar-refractivity contribution in [1.82, 2.24) is 5.32 Å². The number of aliphatic hydroxyl groups is 1. The Bertz CT molecular complexity index is 224. The molecule has 1 atom stereocenters. The van der Waals surface area contributed by atoms with Crippen molar-refractivity contribution >= 4 is 5.91 Å². The quantitative estimate of drug-likeness (QED) is 0.731. The molecule has 1 rings (SSSR count). The Morgan fingerprint density at radius 2 is 2.06 bits per heavy atom. The molecule has 0 bridgehead atoms. The summed E-state index contributed by atoms with van der Waals surface area (Å²) in [5, 5.41) is 12.1. The van der Waals surface area contributed by atoms with Gasteiger partial charge in [0.2, 0.25) is 5.91 Å². The van der Waals surface area contributed by atoms with Crippen LogP contribution in [0.25, 0.3) is 0 Å². The highest BCUT2D eigenvalue weighted by Gasteiger charge is 2.25. The largest absolute Gasteiger partial charge is 0.396 e. The highest BCUT2D eigenvalue weighted by molar-refractivity contribution is 5.77. The molecule has 1 amide bonds. The standard InChI is InChI=1S/C13H25NO2/c1-3-13(2,8-9-15)14-12(16)10-11-6-4-5-7-11/h11,15H,3-10H2,1-2H3,(H,14,16). The molecule has 1 fully saturated rings. The van der Waals surface area contributed by atoms with Crippen LogP contribution in [0.3, 0.4) is 0 Å². The maximum absolute atomic E-state index is 11.9. The van der Waals surface area contributed by atoms with Crippen molar-refractivity contribution in [2.75, 3.05) is 6.61 Å². The molecule has 1 aliphatic rings. The first kappa shape index (κ1) is 13.5. The second-order valence-corrected chi connectivity index (χ2v) is 5.29. The van der Waals surface area contributed by atoms with Gasteiger partial charge in [0.15, 0.2) is 0 Å². The lowest BCUT2D eigenvalue weighted by atomic mass is 9.94. The SMILES string of the molecule is CCC(C)(CCO)NC(=O)CC1CCCC1. The van der Waals surface area contributed by atoms with Gasteiger partial charge in [-0.3, -0.25) is 4.79 Å². The minimum atomic E-state index is -0.232. The predicted molar refractivity (Wildman–Crippen MR) is 65.1 cm³/mol. The maximum atomic E-state index is 11.9. The van der Waals surface area contributed by atoms with E-state index < -0.39 is 0 Å². The van der Waals surface area contributed by atoms with E-state index in [2.05, 4.69) is 5.32 Å². The first-order chi connectivity index (χ1) is 7.59. The Kier molecular flexibility index (Phi) is 5.26. The van der Waals surface area contributed by atoms with Crippen LogP contribution in [0, 0.1) is 5.92 Å². The number of amides is 1. The molecule has 1 unspecified atom stereocenters. The van der Waals surface area contributed by atoms with Crippen LogP contribution in [0.4, 0.5) is 0 Å². The minimum absolute atomic E-state index is 0.133.